The van der Waals surface area contributed by atoms with Gasteiger partial charge in [-0.25, -0.2) is 0 Å². The van der Waals surface area contributed by atoms with Gasteiger partial charge in [0.2, 0.25) is 0 Å². The zero-order valence-electron chi connectivity index (χ0n) is 12.8. The Hall–Kier alpha value is -0.970. The Morgan fingerprint density at radius 3 is 2.43 bits per heavy atom. The maximum absolute atomic E-state index is 6.03. The Bertz CT molecular complexity index is 448. The normalized spacial score (nSPS) is 22.9. The van der Waals surface area contributed by atoms with Gasteiger partial charge >= 0.3 is 0 Å². The molecule has 0 aromatic heterocycles. The van der Waals surface area contributed by atoms with Crippen LogP contribution in [0, 0.1) is 0 Å². The number of hydrogen-bond acceptors (Lipinski definition) is 4. The Morgan fingerprint density at radius 2 is 1.76 bits per heavy atom. The molecule has 1 saturated heterocycles. The van der Waals surface area contributed by atoms with Crippen LogP contribution in [0.3, 0.4) is 0 Å². The number of ether oxygens (including phenoxy) is 2. The molecule has 3 rings (SSSR count). The second-order valence-electron chi connectivity index (χ2n) is 5.93. The van der Waals surface area contributed by atoms with E-state index >= 15 is 0 Å². The minimum Gasteiger partial charge on any atom is -1.00 e. The van der Waals surface area contributed by atoms with Gasteiger partial charge in [-0.3, -0.25) is 9.80 Å². The average molecular weight is 312 g/mol. The highest BCUT2D eigenvalue weighted by Crippen LogP contribution is 2.31. The van der Waals surface area contributed by atoms with Crippen LogP contribution in [0.5, 0.6) is 11.5 Å². The fourth-order valence-electron chi connectivity index (χ4n) is 2.90. The molecule has 0 radical (unpaired) electrons. The summed E-state index contributed by atoms with van der Waals surface area (Å²) in [6.45, 7) is 10.7. The van der Waals surface area contributed by atoms with Crippen molar-refractivity contribution in [3.8, 4) is 11.5 Å². The molecule has 1 fully saturated rings. The van der Waals surface area contributed by atoms with Gasteiger partial charge in [0.25, 0.3) is 0 Å². The van der Waals surface area contributed by atoms with Gasteiger partial charge in [0.05, 0.1) is 0 Å². The van der Waals surface area contributed by atoms with E-state index in [2.05, 4.69) is 23.6 Å². The highest BCUT2D eigenvalue weighted by Gasteiger charge is 2.25. The average Bonchev–Trinajstić information content (AvgIpc) is 2.48. The molecule has 0 saturated carbocycles. The van der Waals surface area contributed by atoms with Gasteiger partial charge in [-0.1, -0.05) is 12.1 Å². The first-order valence-corrected chi connectivity index (χ1v) is 7.57. The van der Waals surface area contributed by atoms with Crippen LogP contribution >= 0.6 is 0 Å². The monoisotopic (exact) mass is 311 g/mol. The van der Waals surface area contributed by atoms with Gasteiger partial charge in [0.15, 0.2) is 11.5 Å². The minimum atomic E-state index is 0. The molecule has 21 heavy (non-hydrogen) atoms. The maximum Gasteiger partial charge on any atom is 0.161 e. The fraction of sp³-hybridized carbons (Fsp3) is 0.625. The molecule has 2 aliphatic rings. The summed E-state index contributed by atoms with van der Waals surface area (Å²) in [4.78, 5) is 5.02. The third-order valence-corrected chi connectivity index (χ3v) is 4.17. The number of hydrogen-bond donors (Lipinski definition) is 0. The lowest BCUT2D eigenvalue weighted by atomic mass is 10.2. The van der Waals surface area contributed by atoms with Crippen molar-refractivity contribution in [2.75, 3.05) is 39.3 Å². The third kappa shape index (κ3) is 4.02. The van der Waals surface area contributed by atoms with Crippen molar-refractivity contribution in [1.29, 1.82) is 0 Å². The van der Waals surface area contributed by atoms with Gasteiger partial charge in [0.1, 0.15) is 12.7 Å². The molecule has 4 nitrogen and oxygen atoms in total. The van der Waals surface area contributed by atoms with Crippen LogP contribution in [0.4, 0.5) is 0 Å². The Labute approximate surface area is 133 Å². The number of nitrogens with zero attached hydrogens (tertiary/aromatic N) is 2. The highest BCUT2D eigenvalue weighted by molar-refractivity contribution is 5.40. The summed E-state index contributed by atoms with van der Waals surface area (Å²) < 4.78 is 11.8. The van der Waals surface area contributed by atoms with Crippen molar-refractivity contribution in [2.45, 2.75) is 26.0 Å². The predicted molar refractivity (Wildman–Crippen MR) is 79.5 cm³/mol. The Kier molecular flexibility index (Phi) is 5.73. The van der Waals surface area contributed by atoms with E-state index < -0.39 is 0 Å². The molecule has 0 aliphatic carbocycles. The van der Waals surface area contributed by atoms with Crippen molar-refractivity contribution in [2.24, 2.45) is 0 Å². The Balaban J connectivity index is 0.00000161. The van der Waals surface area contributed by atoms with Gasteiger partial charge in [-0.15, -0.1) is 0 Å². The first-order chi connectivity index (χ1) is 9.72. The van der Waals surface area contributed by atoms with Crippen molar-refractivity contribution in [1.82, 2.24) is 9.80 Å². The minimum absolute atomic E-state index is 0. The number of halogens is 1. The number of rotatable bonds is 3. The van der Waals surface area contributed by atoms with E-state index in [1.54, 1.807) is 0 Å². The van der Waals surface area contributed by atoms with E-state index in [1.807, 2.05) is 24.3 Å². The number of fused-ring (bicyclic) bond motifs is 1. The molecular formula is C16H24ClN2O2-. The predicted octanol–water partition coefficient (Wildman–Crippen LogP) is -1.14. The summed E-state index contributed by atoms with van der Waals surface area (Å²) in [6.07, 6.45) is 0.149. The zero-order chi connectivity index (χ0) is 13.9. The van der Waals surface area contributed by atoms with E-state index in [0.717, 1.165) is 44.2 Å². The van der Waals surface area contributed by atoms with Gasteiger partial charge in [-0.2, -0.15) is 0 Å². The molecule has 0 bridgehead atoms. The Morgan fingerprint density at radius 1 is 1.10 bits per heavy atom. The third-order valence-electron chi connectivity index (χ3n) is 4.17. The summed E-state index contributed by atoms with van der Waals surface area (Å²) in [5, 5.41) is 0. The summed E-state index contributed by atoms with van der Waals surface area (Å²) in [6, 6.07) is 8.57. The van der Waals surface area contributed by atoms with Crippen LogP contribution in [0.25, 0.3) is 0 Å². The van der Waals surface area contributed by atoms with Crippen LogP contribution in [0.15, 0.2) is 24.3 Å². The van der Waals surface area contributed by atoms with Crippen LogP contribution in [0.1, 0.15) is 13.8 Å². The molecule has 1 atom stereocenters. The molecule has 0 N–H and O–H groups in total. The lowest BCUT2D eigenvalue weighted by Crippen LogP contribution is -3.00. The molecule has 2 heterocycles. The summed E-state index contributed by atoms with van der Waals surface area (Å²) in [5.41, 5.74) is 0. The number of piperazine rings is 1. The van der Waals surface area contributed by atoms with Crippen molar-refractivity contribution < 1.29 is 21.9 Å². The van der Waals surface area contributed by atoms with Crippen molar-refractivity contribution in [3.63, 3.8) is 0 Å². The molecule has 118 valence electrons. The number of para-hydroxylation sites is 2. The summed E-state index contributed by atoms with van der Waals surface area (Å²) in [5.74, 6) is 1.75. The largest absolute Gasteiger partial charge is 1.00 e. The lowest BCUT2D eigenvalue weighted by Gasteiger charge is -2.38. The molecule has 2 aliphatic heterocycles. The molecule has 1 aromatic carbocycles. The molecular weight excluding hydrogens is 288 g/mol. The first kappa shape index (κ1) is 16.4. The quantitative estimate of drug-likeness (QED) is 0.704. The second-order valence-corrected chi connectivity index (χ2v) is 5.93. The molecule has 5 heteroatoms. The van der Waals surface area contributed by atoms with Crippen LogP contribution in [-0.2, 0) is 0 Å². The maximum atomic E-state index is 6.03. The van der Waals surface area contributed by atoms with Gasteiger partial charge in [-0.05, 0) is 26.0 Å². The SMILES string of the molecule is CC(C)N1CCN(CC2COc3ccccc3O2)CC1.[Cl-]. The summed E-state index contributed by atoms with van der Waals surface area (Å²) in [7, 11) is 0. The fourth-order valence-corrected chi connectivity index (χ4v) is 2.90. The van der Waals surface area contributed by atoms with E-state index in [0.29, 0.717) is 12.6 Å². The van der Waals surface area contributed by atoms with Gasteiger partial charge in [0, 0.05) is 38.8 Å². The van der Waals surface area contributed by atoms with Crippen LogP contribution in [0.2, 0.25) is 0 Å². The second kappa shape index (κ2) is 7.34. The van der Waals surface area contributed by atoms with E-state index in [9.17, 15) is 0 Å². The standard InChI is InChI=1S/C16H24N2O2.ClH/c1-13(2)18-9-7-17(8-10-18)11-14-12-19-15-5-3-4-6-16(15)20-14;/h3-6,13-14H,7-12H2,1-2H3;1H/p-1. The molecule has 1 unspecified atom stereocenters. The molecule has 1 aromatic rings. The lowest BCUT2D eigenvalue weighted by molar-refractivity contribution is -0.00000585. The highest BCUT2D eigenvalue weighted by atomic mass is 35.5. The smallest absolute Gasteiger partial charge is 0.161 e. The molecule has 0 amide bonds. The summed E-state index contributed by atoms with van der Waals surface area (Å²) >= 11 is 0. The van der Waals surface area contributed by atoms with E-state index in [-0.39, 0.29) is 18.5 Å². The van der Waals surface area contributed by atoms with Crippen molar-refractivity contribution >= 4 is 0 Å². The van der Waals surface area contributed by atoms with E-state index in [4.69, 9.17) is 9.47 Å². The number of benzene rings is 1. The molecule has 0 spiro atoms. The van der Waals surface area contributed by atoms with Crippen LogP contribution < -0.4 is 21.9 Å². The van der Waals surface area contributed by atoms with Crippen molar-refractivity contribution in [3.05, 3.63) is 24.3 Å². The van der Waals surface area contributed by atoms with Gasteiger partial charge < -0.3 is 21.9 Å². The topological polar surface area (TPSA) is 24.9 Å². The van der Waals surface area contributed by atoms with E-state index in [1.165, 1.54) is 0 Å². The van der Waals surface area contributed by atoms with Crippen LogP contribution in [-0.4, -0.2) is 61.3 Å². The first-order valence-electron chi connectivity index (χ1n) is 7.57. The zero-order valence-corrected chi connectivity index (χ0v) is 13.6.